The number of hydrogen-bond acceptors (Lipinski definition) is 0. The van der Waals surface area contributed by atoms with Gasteiger partial charge in [-0.1, -0.05) is 0 Å². The maximum absolute atomic E-state index is 5.25. The average Bonchev–Trinajstić information content (AvgIpc) is 1.64. The SMILES string of the molecule is [B]B([B])B(I)B([B])[B]. The lowest BCUT2D eigenvalue weighted by atomic mass is 8.81. The summed E-state index contributed by atoms with van der Waals surface area (Å²) in [6.07, 6.45) is -0.841. The lowest BCUT2D eigenvalue weighted by Gasteiger charge is -2.10. The standard InChI is InChI=1S/B7I/c1-5(2)7(8)6(3)4. The van der Waals surface area contributed by atoms with Gasteiger partial charge in [0.05, 0.1) is 0 Å². The molecule has 0 fully saturated rings. The van der Waals surface area contributed by atoms with E-state index in [1.54, 1.807) is 0 Å². The zero-order valence-corrected chi connectivity index (χ0v) is 6.58. The molecular weight excluding hydrogens is 203 g/mol. The molecule has 0 aliphatic carbocycles. The van der Waals surface area contributed by atoms with E-state index in [9.17, 15) is 0 Å². The number of rotatable bonds is 2. The van der Waals surface area contributed by atoms with Gasteiger partial charge in [-0.25, -0.2) is 0 Å². The van der Waals surface area contributed by atoms with Crippen LogP contribution in [0.3, 0.4) is 0 Å². The molecule has 0 aliphatic heterocycles. The minimum atomic E-state index is -0.421. The summed E-state index contributed by atoms with van der Waals surface area (Å²) in [4.78, 5) is 0. The van der Waals surface area contributed by atoms with Gasteiger partial charge in [-0.15, -0.1) is 0 Å². The normalized spacial score (nSPS) is 8.12. The molecule has 0 atom stereocenters. The highest BCUT2D eigenvalue weighted by atomic mass is 127. The molecule has 0 saturated heterocycles. The van der Waals surface area contributed by atoms with E-state index in [1.807, 2.05) is 22.4 Å². The van der Waals surface area contributed by atoms with Crippen molar-refractivity contribution in [2.24, 2.45) is 0 Å². The Kier molecular flexibility index (Phi) is 4.68. The summed E-state index contributed by atoms with van der Waals surface area (Å²) in [6, 6.07) is 0. The third-order valence-electron chi connectivity index (χ3n) is 0.735. The van der Waals surface area contributed by atoms with Gasteiger partial charge in [0.15, 0.2) is 0 Å². The van der Waals surface area contributed by atoms with Crippen LogP contribution < -0.4 is 0 Å². The Morgan fingerprint density at radius 1 is 0.875 bits per heavy atom. The molecule has 0 aromatic carbocycles. The Labute approximate surface area is 70.3 Å². The summed E-state index contributed by atoms with van der Waals surface area (Å²) >= 11 is 2.02. The molecule has 0 heterocycles. The maximum atomic E-state index is 5.25. The third kappa shape index (κ3) is 3.26. The van der Waals surface area contributed by atoms with Crippen molar-refractivity contribution in [2.45, 2.75) is 0 Å². The second-order valence-electron chi connectivity index (χ2n) is 1.60. The Morgan fingerprint density at radius 3 is 1.12 bits per heavy atom. The second-order valence-corrected chi connectivity index (χ2v) is 3.04. The molecule has 0 saturated carbocycles. The smallest absolute Gasteiger partial charge is 0.120 e. The van der Waals surface area contributed by atoms with E-state index in [1.165, 1.54) is 0 Å². The first-order chi connectivity index (χ1) is 3.55. The summed E-state index contributed by atoms with van der Waals surface area (Å²) < 4.78 is -0.0485. The quantitative estimate of drug-likeness (QED) is 0.367. The molecule has 0 rings (SSSR count). The fourth-order valence-corrected chi connectivity index (χ4v) is 0.257. The molecule has 8 heteroatoms. The fraction of sp³-hybridized carbons (Fsp3) is 0. The molecule has 0 aromatic rings. The van der Waals surface area contributed by atoms with Crippen molar-refractivity contribution >= 4 is 70.4 Å². The number of halogens is 1. The van der Waals surface area contributed by atoms with Crippen LogP contribution in [0.2, 0.25) is 0 Å². The van der Waals surface area contributed by atoms with Crippen LogP contribution in [-0.4, -0.2) is 48.1 Å². The van der Waals surface area contributed by atoms with E-state index in [-0.39, 0.29) is 4.35 Å². The van der Waals surface area contributed by atoms with Crippen molar-refractivity contribution in [1.82, 2.24) is 0 Å². The van der Waals surface area contributed by atoms with E-state index >= 15 is 0 Å². The molecule has 0 amide bonds. The molecule has 0 unspecified atom stereocenters. The average molecular weight is 203 g/mol. The van der Waals surface area contributed by atoms with Crippen LogP contribution in [0.4, 0.5) is 0 Å². The Hall–Kier alpha value is 1.18. The minimum Gasteiger partial charge on any atom is -0.173 e. The summed E-state index contributed by atoms with van der Waals surface area (Å²) in [5.41, 5.74) is 0. The van der Waals surface area contributed by atoms with Gasteiger partial charge in [0.25, 0.3) is 0 Å². The van der Waals surface area contributed by atoms with Gasteiger partial charge in [0, 0.05) is 43.7 Å². The summed E-state index contributed by atoms with van der Waals surface area (Å²) in [5, 5.41) is 0. The first-order valence-corrected chi connectivity index (χ1v) is 3.46. The van der Waals surface area contributed by atoms with Crippen LogP contribution in [0.25, 0.3) is 0 Å². The molecule has 0 bridgehead atoms. The van der Waals surface area contributed by atoms with Gasteiger partial charge in [-0.2, -0.15) is 22.4 Å². The monoisotopic (exact) mass is 204 g/mol. The predicted molar refractivity (Wildman–Crippen MR) is 54.3 cm³/mol. The summed E-state index contributed by atoms with van der Waals surface area (Å²) in [7, 11) is 21.0. The Bertz CT molecular complexity index is 49.4. The molecular formula is B7I. The highest BCUT2D eigenvalue weighted by Gasteiger charge is 2.18. The van der Waals surface area contributed by atoms with Gasteiger partial charge in [-0.05, 0) is 0 Å². The highest BCUT2D eigenvalue weighted by molar-refractivity contribution is 14.1. The molecule has 8 radical (unpaired) electrons. The van der Waals surface area contributed by atoms with E-state index in [2.05, 4.69) is 0 Å². The van der Waals surface area contributed by atoms with Crippen LogP contribution in [0.5, 0.6) is 0 Å². The Morgan fingerprint density at radius 2 is 1.12 bits per heavy atom. The van der Waals surface area contributed by atoms with E-state index < -0.39 is 12.8 Å². The zero-order chi connectivity index (χ0) is 6.73. The molecule has 0 spiro atoms. The van der Waals surface area contributed by atoms with Crippen molar-refractivity contribution in [3.8, 4) is 0 Å². The van der Waals surface area contributed by atoms with Crippen molar-refractivity contribution in [3.05, 3.63) is 0 Å². The lowest BCUT2D eigenvalue weighted by Crippen LogP contribution is -2.46. The van der Waals surface area contributed by atoms with Crippen molar-refractivity contribution in [2.75, 3.05) is 0 Å². The molecule has 28 valence electrons. The lowest BCUT2D eigenvalue weighted by molar-refractivity contribution is 3.73. The highest BCUT2D eigenvalue weighted by Crippen LogP contribution is 1.94. The van der Waals surface area contributed by atoms with Crippen LogP contribution >= 0.6 is 22.4 Å². The van der Waals surface area contributed by atoms with Crippen molar-refractivity contribution in [3.63, 3.8) is 0 Å². The zero-order valence-electron chi connectivity index (χ0n) is 4.42. The van der Waals surface area contributed by atoms with E-state index in [0.717, 1.165) is 0 Å². The van der Waals surface area contributed by atoms with Crippen LogP contribution in [0.15, 0.2) is 0 Å². The van der Waals surface area contributed by atoms with Gasteiger partial charge in [0.2, 0.25) is 0 Å². The third-order valence-corrected chi connectivity index (χ3v) is 2.40. The largest absolute Gasteiger partial charge is 0.173 e. The van der Waals surface area contributed by atoms with Crippen molar-refractivity contribution < 1.29 is 0 Å². The summed E-state index contributed by atoms with van der Waals surface area (Å²) in [6.45, 7) is 0. The molecule has 0 N–H and O–H groups in total. The predicted octanol–water partition coefficient (Wildman–Crippen LogP) is -1.78. The molecule has 8 heavy (non-hydrogen) atoms. The molecule has 0 aliphatic rings. The maximum Gasteiger partial charge on any atom is 0.120 e. The van der Waals surface area contributed by atoms with Gasteiger partial charge < -0.3 is 0 Å². The molecule has 0 aromatic heterocycles. The first-order valence-electron chi connectivity index (χ1n) is 2.22. The molecule has 0 nitrogen and oxygen atoms in total. The minimum absolute atomic E-state index is 0.0485. The van der Waals surface area contributed by atoms with Crippen molar-refractivity contribution in [1.29, 1.82) is 0 Å². The first kappa shape index (κ1) is 9.18. The van der Waals surface area contributed by atoms with E-state index in [4.69, 9.17) is 30.9 Å². The van der Waals surface area contributed by atoms with Gasteiger partial charge >= 0.3 is 0 Å². The van der Waals surface area contributed by atoms with Crippen LogP contribution in [0, 0.1) is 0 Å². The topological polar surface area (TPSA) is 0 Å². The van der Waals surface area contributed by atoms with Crippen LogP contribution in [0.1, 0.15) is 0 Å². The van der Waals surface area contributed by atoms with Crippen LogP contribution in [-0.2, 0) is 0 Å². The van der Waals surface area contributed by atoms with Gasteiger partial charge in [-0.3, -0.25) is 0 Å². The fourth-order valence-electron chi connectivity index (χ4n) is 0.257. The van der Waals surface area contributed by atoms with Gasteiger partial charge in [0.1, 0.15) is 4.35 Å². The van der Waals surface area contributed by atoms with E-state index in [0.29, 0.717) is 0 Å². The summed E-state index contributed by atoms with van der Waals surface area (Å²) in [5.74, 6) is 0. The Balaban J connectivity index is 3.46. The number of hydrogen-bond donors (Lipinski definition) is 0. The second kappa shape index (κ2) is 4.07.